The van der Waals surface area contributed by atoms with Crippen LogP contribution in [0.3, 0.4) is 0 Å². The van der Waals surface area contributed by atoms with Crippen LogP contribution in [0.2, 0.25) is 5.02 Å². The Labute approximate surface area is 123 Å². The van der Waals surface area contributed by atoms with Gasteiger partial charge in [-0.05, 0) is 38.0 Å². The quantitative estimate of drug-likeness (QED) is 0.892. The highest BCUT2D eigenvalue weighted by molar-refractivity contribution is 6.32. The Hall–Kier alpha value is -1.73. The number of nitrogens with zero attached hydrogens (tertiary/aromatic N) is 1. The predicted molar refractivity (Wildman–Crippen MR) is 77.8 cm³/mol. The minimum atomic E-state index is -0.769. The van der Waals surface area contributed by atoms with Crippen LogP contribution < -0.4 is 5.32 Å². The first-order valence-electron chi connectivity index (χ1n) is 6.67. The summed E-state index contributed by atoms with van der Waals surface area (Å²) in [6.45, 7) is 1.79. The van der Waals surface area contributed by atoms with Crippen molar-refractivity contribution in [1.82, 2.24) is 0 Å². The van der Waals surface area contributed by atoms with Crippen LogP contribution in [-0.2, 0) is 4.79 Å². The van der Waals surface area contributed by atoms with Gasteiger partial charge < -0.3 is 10.4 Å². The number of anilines is 1. The lowest BCUT2D eigenvalue weighted by Crippen LogP contribution is -2.46. The van der Waals surface area contributed by atoms with Crippen LogP contribution >= 0.6 is 11.6 Å². The first-order valence-corrected chi connectivity index (χ1v) is 7.05. The third-order valence-corrected chi connectivity index (χ3v) is 4.44. The summed E-state index contributed by atoms with van der Waals surface area (Å²) in [5.41, 5.74) is 0.411. The van der Waals surface area contributed by atoms with Crippen molar-refractivity contribution >= 4 is 23.3 Å². The first kappa shape index (κ1) is 14.7. The van der Waals surface area contributed by atoms with Gasteiger partial charge >= 0.3 is 5.97 Å². The SMILES string of the molecule is CC1(C(=O)O)CCCCC1Nc1ccc(C#N)c(Cl)c1. The van der Waals surface area contributed by atoms with E-state index in [2.05, 4.69) is 5.32 Å². The molecular weight excluding hydrogens is 276 g/mol. The molecule has 1 aromatic rings. The Bertz CT molecular complexity index is 567. The molecule has 4 nitrogen and oxygen atoms in total. The van der Waals surface area contributed by atoms with E-state index in [9.17, 15) is 9.90 Å². The molecular formula is C15H17ClN2O2. The van der Waals surface area contributed by atoms with E-state index in [1.54, 1.807) is 25.1 Å². The zero-order valence-corrected chi connectivity index (χ0v) is 12.1. The largest absolute Gasteiger partial charge is 0.481 e. The summed E-state index contributed by atoms with van der Waals surface area (Å²) in [6, 6.07) is 6.97. The van der Waals surface area contributed by atoms with Gasteiger partial charge in [0.2, 0.25) is 0 Å². The maximum Gasteiger partial charge on any atom is 0.311 e. The molecule has 0 heterocycles. The summed E-state index contributed by atoms with van der Waals surface area (Å²) in [5, 5.41) is 22.0. The van der Waals surface area contributed by atoms with Gasteiger partial charge in [0, 0.05) is 11.7 Å². The van der Waals surface area contributed by atoms with E-state index in [-0.39, 0.29) is 6.04 Å². The van der Waals surface area contributed by atoms with Crippen molar-refractivity contribution < 1.29 is 9.90 Å². The number of hydrogen-bond acceptors (Lipinski definition) is 3. The zero-order valence-electron chi connectivity index (χ0n) is 11.3. The van der Waals surface area contributed by atoms with Gasteiger partial charge in [0.15, 0.2) is 0 Å². The fraction of sp³-hybridized carbons (Fsp3) is 0.467. The molecule has 20 heavy (non-hydrogen) atoms. The number of hydrogen-bond donors (Lipinski definition) is 2. The van der Waals surface area contributed by atoms with E-state index in [4.69, 9.17) is 16.9 Å². The van der Waals surface area contributed by atoms with E-state index in [1.807, 2.05) is 6.07 Å². The van der Waals surface area contributed by atoms with E-state index in [0.29, 0.717) is 17.0 Å². The Morgan fingerprint density at radius 3 is 2.90 bits per heavy atom. The van der Waals surface area contributed by atoms with Gasteiger partial charge in [-0.3, -0.25) is 4.79 Å². The standard InChI is InChI=1S/C15H17ClN2O2/c1-15(14(19)20)7-3-2-4-13(15)18-11-6-5-10(9-17)12(16)8-11/h5-6,8,13,18H,2-4,7H2,1H3,(H,19,20). The normalized spacial score (nSPS) is 25.8. The first-order chi connectivity index (χ1) is 9.47. The Morgan fingerprint density at radius 1 is 1.55 bits per heavy atom. The molecule has 2 unspecified atom stereocenters. The highest BCUT2D eigenvalue weighted by Crippen LogP contribution is 2.38. The van der Waals surface area contributed by atoms with Crippen molar-refractivity contribution in [3.8, 4) is 6.07 Å². The third kappa shape index (κ3) is 2.73. The van der Waals surface area contributed by atoms with Gasteiger partial charge in [-0.2, -0.15) is 5.26 Å². The Balaban J connectivity index is 2.21. The molecule has 2 atom stereocenters. The molecule has 0 amide bonds. The van der Waals surface area contributed by atoms with E-state index < -0.39 is 11.4 Å². The number of carboxylic acid groups (broad SMARTS) is 1. The lowest BCUT2D eigenvalue weighted by atomic mass is 9.71. The summed E-state index contributed by atoms with van der Waals surface area (Å²) < 4.78 is 0. The third-order valence-electron chi connectivity index (χ3n) is 4.13. The second kappa shape index (κ2) is 5.72. The predicted octanol–water partition coefficient (Wildman–Crippen LogP) is 3.66. The summed E-state index contributed by atoms with van der Waals surface area (Å²) in [4.78, 5) is 11.5. The molecule has 1 aliphatic rings. The Kier molecular flexibility index (Phi) is 4.20. The van der Waals surface area contributed by atoms with Crippen LogP contribution in [0.5, 0.6) is 0 Å². The van der Waals surface area contributed by atoms with Gasteiger partial charge in [0.1, 0.15) is 6.07 Å². The Morgan fingerprint density at radius 2 is 2.30 bits per heavy atom. The van der Waals surface area contributed by atoms with E-state index in [1.165, 1.54) is 0 Å². The van der Waals surface area contributed by atoms with Crippen LogP contribution in [0.1, 0.15) is 38.2 Å². The minimum Gasteiger partial charge on any atom is -0.481 e. The van der Waals surface area contributed by atoms with Crippen molar-refractivity contribution in [3.63, 3.8) is 0 Å². The molecule has 1 saturated carbocycles. The number of rotatable bonds is 3. The molecule has 1 aromatic carbocycles. The zero-order chi connectivity index (χ0) is 14.8. The minimum absolute atomic E-state index is 0.127. The van der Waals surface area contributed by atoms with Gasteiger partial charge in [-0.25, -0.2) is 0 Å². The fourth-order valence-electron chi connectivity index (χ4n) is 2.72. The monoisotopic (exact) mass is 292 g/mol. The van der Waals surface area contributed by atoms with Crippen molar-refractivity contribution in [2.75, 3.05) is 5.32 Å². The lowest BCUT2D eigenvalue weighted by molar-refractivity contribution is -0.150. The molecule has 1 fully saturated rings. The fourth-order valence-corrected chi connectivity index (χ4v) is 2.94. The molecule has 0 radical (unpaired) electrons. The molecule has 2 N–H and O–H groups in total. The summed E-state index contributed by atoms with van der Waals surface area (Å²) >= 11 is 6.00. The second-order valence-corrected chi connectivity index (χ2v) is 5.88. The molecule has 0 bridgehead atoms. The highest BCUT2D eigenvalue weighted by Gasteiger charge is 2.43. The molecule has 2 rings (SSSR count). The van der Waals surface area contributed by atoms with Gasteiger partial charge in [-0.15, -0.1) is 0 Å². The molecule has 1 aliphatic carbocycles. The van der Waals surface area contributed by atoms with Gasteiger partial charge in [-0.1, -0.05) is 24.4 Å². The molecule has 0 aromatic heterocycles. The number of benzene rings is 1. The molecule has 106 valence electrons. The number of carboxylic acids is 1. The van der Waals surface area contributed by atoms with Crippen molar-refractivity contribution in [2.24, 2.45) is 5.41 Å². The maximum atomic E-state index is 11.5. The number of nitriles is 1. The number of halogens is 1. The van der Waals surface area contributed by atoms with E-state index >= 15 is 0 Å². The molecule has 0 saturated heterocycles. The highest BCUT2D eigenvalue weighted by atomic mass is 35.5. The maximum absolute atomic E-state index is 11.5. The number of carbonyl (C=O) groups is 1. The van der Waals surface area contributed by atoms with Crippen LogP contribution in [0.15, 0.2) is 18.2 Å². The average molecular weight is 293 g/mol. The van der Waals surface area contributed by atoms with Gasteiger partial charge in [0.05, 0.1) is 16.0 Å². The number of nitrogens with one attached hydrogen (secondary N) is 1. The molecule has 0 spiro atoms. The van der Waals surface area contributed by atoms with Crippen LogP contribution in [0, 0.1) is 16.7 Å². The summed E-state index contributed by atoms with van der Waals surface area (Å²) in [5.74, 6) is -0.769. The number of aliphatic carboxylic acids is 1. The summed E-state index contributed by atoms with van der Waals surface area (Å²) in [6.07, 6.45) is 3.45. The van der Waals surface area contributed by atoms with Crippen LogP contribution in [0.25, 0.3) is 0 Å². The van der Waals surface area contributed by atoms with Crippen LogP contribution in [-0.4, -0.2) is 17.1 Å². The van der Waals surface area contributed by atoms with E-state index in [0.717, 1.165) is 24.9 Å². The average Bonchev–Trinajstić information content (AvgIpc) is 2.41. The molecule has 0 aliphatic heterocycles. The van der Waals surface area contributed by atoms with Gasteiger partial charge in [0.25, 0.3) is 0 Å². The summed E-state index contributed by atoms with van der Waals surface area (Å²) in [7, 11) is 0. The lowest BCUT2D eigenvalue weighted by Gasteiger charge is -2.39. The van der Waals surface area contributed by atoms with Crippen molar-refractivity contribution in [2.45, 2.75) is 38.6 Å². The van der Waals surface area contributed by atoms with Crippen LogP contribution in [0.4, 0.5) is 5.69 Å². The molecule has 5 heteroatoms. The second-order valence-electron chi connectivity index (χ2n) is 5.47. The van der Waals surface area contributed by atoms with Crippen molar-refractivity contribution in [1.29, 1.82) is 5.26 Å². The van der Waals surface area contributed by atoms with Crippen molar-refractivity contribution in [3.05, 3.63) is 28.8 Å². The topological polar surface area (TPSA) is 73.1 Å². The smallest absolute Gasteiger partial charge is 0.311 e.